The molecule has 0 aliphatic carbocycles. The second kappa shape index (κ2) is 7.20. The quantitative estimate of drug-likeness (QED) is 0.765. The van der Waals surface area contributed by atoms with Crippen molar-refractivity contribution in [2.75, 3.05) is 11.4 Å². The normalized spacial score (nSPS) is 10.3. The third-order valence-corrected chi connectivity index (χ3v) is 3.67. The fourth-order valence-electron chi connectivity index (χ4n) is 1.96. The average molecular weight is 333 g/mol. The first kappa shape index (κ1) is 14.7. The number of anilines is 1. The number of hydrogen-bond donors (Lipinski definition) is 0. The van der Waals surface area contributed by atoms with Crippen molar-refractivity contribution >= 4 is 27.5 Å². The number of pyridine rings is 1. The molecule has 0 radical (unpaired) electrons. The molecule has 0 aliphatic rings. The topological polar surface area (TPSA) is 33.2 Å². The van der Waals surface area contributed by atoms with Crippen LogP contribution in [0.5, 0.6) is 0 Å². The summed E-state index contributed by atoms with van der Waals surface area (Å²) in [6.45, 7) is 2.83. The molecular formula is C16H17BrN2O. The Kier molecular flexibility index (Phi) is 5.30. The Labute approximate surface area is 127 Å². The molecule has 3 nitrogen and oxygen atoms in total. The van der Waals surface area contributed by atoms with E-state index in [0.717, 1.165) is 18.5 Å². The number of rotatable bonds is 5. The van der Waals surface area contributed by atoms with Crippen molar-refractivity contribution in [3.05, 3.63) is 58.8 Å². The number of halogens is 1. The van der Waals surface area contributed by atoms with Crippen LogP contribution in [0.2, 0.25) is 0 Å². The van der Waals surface area contributed by atoms with Crippen LogP contribution < -0.4 is 4.90 Å². The highest BCUT2D eigenvalue weighted by Gasteiger charge is 2.19. The van der Waals surface area contributed by atoms with Gasteiger partial charge in [0.05, 0.1) is 5.56 Å². The molecule has 0 spiro atoms. The minimum absolute atomic E-state index is 0.0235. The molecule has 0 aliphatic heterocycles. The molecule has 1 amide bonds. The van der Waals surface area contributed by atoms with Crippen molar-refractivity contribution in [3.63, 3.8) is 0 Å². The van der Waals surface area contributed by atoms with Gasteiger partial charge in [-0.2, -0.15) is 0 Å². The molecule has 2 aromatic rings. The van der Waals surface area contributed by atoms with Crippen molar-refractivity contribution in [1.29, 1.82) is 0 Å². The van der Waals surface area contributed by atoms with Gasteiger partial charge < -0.3 is 4.90 Å². The highest BCUT2D eigenvalue weighted by molar-refractivity contribution is 9.10. The minimum atomic E-state index is -0.0235. The van der Waals surface area contributed by atoms with E-state index < -0.39 is 0 Å². The summed E-state index contributed by atoms with van der Waals surface area (Å²) >= 11 is 3.35. The number of carbonyl (C=O) groups excluding carboxylic acids is 1. The lowest BCUT2D eigenvalue weighted by molar-refractivity contribution is 0.0985. The van der Waals surface area contributed by atoms with Crippen LogP contribution in [0, 0.1) is 0 Å². The lowest BCUT2D eigenvalue weighted by Crippen LogP contribution is -2.32. The van der Waals surface area contributed by atoms with Crippen molar-refractivity contribution in [2.24, 2.45) is 0 Å². The molecule has 0 atom stereocenters. The van der Waals surface area contributed by atoms with E-state index in [0.29, 0.717) is 16.7 Å². The summed E-state index contributed by atoms with van der Waals surface area (Å²) in [4.78, 5) is 18.7. The van der Waals surface area contributed by atoms with Gasteiger partial charge in [0.2, 0.25) is 0 Å². The van der Waals surface area contributed by atoms with Crippen LogP contribution in [0.25, 0.3) is 0 Å². The van der Waals surface area contributed by atoms with Crippen LogP contribution in [-0.2, 0) is 0 Å². The molecule has 1 aromatic heterocycles. The van der Waals surface area contributed by atoms with E-state index in [9.17, 15) is 4.79 Å². The fourth-order valence-corrected chi connectivity index (χ4v) is 2.38. The Balaban J connectivity index is 2.32. The van der Waals surface area contributed by atoms with E-state index >= 15 is 0 Å². The highest BCUT2D eigenvalue weighted by atomic mass is 79.9. The molecule has 20 heavy (non-hydrogen) atoms. The lowest BCUT2D eigenvalue weighted by atomic mass is 10.2. The monoisotopic (exact) mass is 332 g/mol. The Bertz CT molecular complexity index is 572. The van der Waals surface area contributed by atoms with Crippen LogP contribution in [0.1, 0.15) is 30.1 Å². The summed E-state index contributed by atoms with van der Waals surface area (Å²) in [5.41, 5.74) is 1.51. The predicted molar refractivity (Wildman–Crippen MR) is 85.0 cm³/mol. The molecule has 0 fully saturated rings. The van der Waals surface area contributed by atoms with Crippen LogP contribution in [0.15, 0.2) is 53.3 Å². The van der Waals surface area contributed by atoms with Gasteiger partial charge in [0.15, 0.2) is 0 Å². The van der Waals surface area contributed by atoms with E-state index in [1.54, 1.807) is 18.3 Å². The van der Waals surface area contributed by atoms with Crippen LogP contribution in [-0.4, -0.2) is 17.4 Å². The van der Waals surface area contributed by atoms with Gasteiger partial charge in [0.25, 0.3) is 5.91 Å². The third kappa shape index (κ3) is 3.45. The number of aromatic nitrogens is 1. The summed E-state index contributed by atoms with van der Waals surface area (Å²) in [6, 6.07) is 13.3. The Morgan fingerprint density at radius 3 is 2.60 bits per heavy atom. The summed E-state index contributed by atoms with van der Waals surface area (Å²) in [7, 11) is 0. The number of hydrogen-bond acceptors (Lipinski definition) is 2. The molecule has 0 saturated carbocycles. The van der Waals surface area contributed by atoms with Crippen LogP contribution >= 0.6 is 15.9 Å². The highest BCUT2D eigenvalue weighted by Crippen LogP contribution is 2.21. The zero-order valence-corrected chi connectivity index (χ0v) is 13.0. The van der Waals surface area contributed by atoms with Gasteiger partial charge in [-0.1, -0.05) is 31.5 Å². The van der Waals surface area contributed by atoms with E-state index in [1.165, 1.54) is 0 Å². The number of unbranched alkanes of at least 4 members (excludes halogenated alkanes) is 1. The molecular weight excluding hydrogens is 316 g/mol. The lowest BCUT2D eigenvalue weighted by Gasteiger charge is -2.23. The van der Waals surface area contributed by atoms with Gasteiger partial charge in [0.1, 0.15) is 4.60 Å². The third-order valence-electron chi connectivity index (χ3n) is 3.04. The number of nitrogens with zero attached hydrogens (tertiary/aromatic N) is 2. The average Bonchev–Trinajstić information content (AvgIpc) is 2.49. The smallest absolute Gasteiger partial charge is 0.261 e. The van der Waals surface area contributed by atoms with E-state index in [4.69, 9.17) is 0 Å². The van der Waals surface area contributed by atoms with Gasteiger partial charge in [-0.3, -0.25) is 4.79 Å². The largest absolute Gasteiger partial charge is 0.308 e. The van der Waals surface area contributed by atoms with Crippen molar-refractivity contribution in [1.82, 2.24) is 4.98 Å². The van der Waals surface area contributed by atoms with Gasteiger partial charge in [-0.05, 0) is 46.6 Å². The fraction of sp³-hybridized carbons (Fsp3) is 0.250. The summed E-state index contributed by atoms with van der Waals surface area (Å²) in [5.74, 6) is -0.0235. The molecule has 0 bridgehead atoms. The van der Waals surface area contributed by atoms with Gasteiger partial charge in [-0.25, -0.2) is 4.98 Å². The first-order chi connectivity index (χ1) is 9.74. The van der Waals surface area contributed by atoms with Crippen molar-refractivity contribution in [2.45, 2.75) is 19.8 Å². The Morgan fingerprint density at radius 1 is 1.20 bits per heavy atom. The maximum Gasteiger partial charge on any atom is 0.261 e. The van der Waals surface area contributed by atoms with Crippen LogP contribution in [0.3, 0.4) is 0 Å². The number of carbonyl (C=O) groups is 1. The minimum Gasteiger partial charge on any atom is -0.308 e. The molecule has 2 rings (SSSR count). The standard InChI is InChI=1S/C16H17BrN2O/c1-2-3-12-19(13-8-5-4-6-9-13)16(20)14-10-7-11-18-15(14)17/h4-11H,2-3,12H2,1H3. The zero-order valence-electron chi connectivity index (χ0n) is 11.4. The van der Waals surface area contributed by atoms with Crippen molar-refractivity contribution in [3.8, 4) is 0 Å². The SMILES string of the molecule is CCCCN(C(=O)c1cccnc1Br)c1ccccc1. The molecule has 0 unspecified atom stereocenters. The zero-order chi connectivity index (χ0) is 14.4. The first-order valence-corrected chi connectivity index (χ1v) is 7.50. The van der Waals surface area contributed by atoms with Crippen LogP contribution in [0.4, 0.5) is 5.69 Å². The van der Waals surface area contributed by atoms with Crippen molar-refractivity contribution < 1.29 is 4.79 Å². The van der Waals surface area contributed by atoms with Gasteiger partial charge in [0, 0.05) is 18.4 Å². The van der Waals surface area contributed by atoms with Gasteiger partial charge in [-0.15, -0.1) is 0 Å². The Hall–Kier alpha value is -1.68. The van der Waals surface area contributed by atoms with E-state index in [-0.39, 0.29) is 5.91 Å². The maximum absolute atomic E-state index is 12.7. The molecule has 1 heterocycles. The summed E-state index contributed by atoms with van der Waals surface area (Å²) < 4.78 is 0.586. The second-order valence-electron chi connectivity index (χ2n) is 4.49. The molecule has 0 saturated heterocycles. The number of benzene rings is 1. The molecule has 0 N–H and O–H groups in total. The molecule has 1 aromatic carbocycles. The van der Waals surface area contributed by atoms with E-state index in [2.05, 4.69) is 27.8 Å². The number of amides is 1. The second-order valence-corrected chi connectivity index (χ2v) is 5.24. The number of para-hydroxylation sites is 1. The Morgan fingerprint density at radius 2 is 1.95 bits per heavy atom. The summed E-state index contributed by atoms with van der Waals surface area (Å²) in [6.07, 6.45) is 3.68. The maximum atomic E-state index is 12.7. The molecule has 4 heteroatoms. The first-order valence-electron chi connectivity index (χ1n) is 6.71. The molecule has 104 valence electrons. The predicted octanol–water partition coefficient (Wildman–Crippen LogP) is 4.29. The van der Waals surface area contributed by atoms with Gasteiger partial charge >= 0.3 is 0 Å². The summed E-state index contributed by atoms with van der Waals surface area (Å²) in [5, 5.41) is 0. The van der Waals surface area contributed by atoms with E-state index in [1.807, 2.05) is 35.2 Å².